The zero-order valence-electron chi connectivity index (χ0n) is 10.6. The molecule has 3 nitrogen and oxygen atoms in total. The molecule has 0 aromatic heterocycles. The summed E-state index contributed by atoms with van der Waals surface area (Å²) in [6, 6.07) is 6.06. The highest BCUT2D eigenvalue weighted by atomic mass is 19.4. The Morgan fingerprint density at radius 3 is 2.06 bits per heavy atom. The van der Waals surface area contributed by atoms with Gasteiger partial charge in [0, 0.05) is 13.2 Å². The van der Waals surface area contributed by atoms with Crippen LogP contribution in [0.25, 0.3) is 0 Å². The molecule has 0 spiro atoms. The van der Waals surface area contributed by atoms with Gasteiger partial charge in [-0.15, -0.1) is 13.2 Å². The summed E-state index contributed by atoms with van der Waals surface area (Å²) < 4.78 is 39.5. The predicted molar refractivity (Wildman–Crippen MR) is 63.4 cm³/mol. The number of nitrogens with one attached hydrogen (secondary N) is 1. The van der Waals surface area contributed by atoms with Crippen molar-refractivity contribution in [2.75, 3.05) is 14.2 Å². The SMILES string of the molecule is CCC(NC)c1ccc(OC(F)(F)F)cc1.CO. The first kappa shape index (κ1) is 16.7. The molecule has 2 N–H and O–H groups in total. The Hall–Kier alpha value is -1.27. The third-order valence-electron chi connectivity index (χ3n) is 2.27. The first-order valence-electron chi connectivity index (χ1n) is 5.44. The van der Waals surface area contributed by atoms with Crippen molar-refractivity contribution in [2.24, 2.45) is 0 Å². The zero-order chi connectivity index (χ0) is 14.2. The van der Waals surface area contributed by atoms with E-state index in [-0.39, 0.29) is 11.8 Å². The van der Waals surface area contributed by atoms with Gasteiger partial charge in [0.25, 0.3) is 0 Å². The summed E-state index contributed by atoms with van der Waals surface area (Å²) in [5.41, 5.74) is 0.944. The minimum atomic E-state index is -4.63. The van der Waals surface area contributed by atoms with Crippen molar-refractivity contribution in [3.05, 3.63) is 29.8 Å². The molecule has 1 rings (SSSR count). The van der Waals surface area contributed by atoms with Gasteiger partial charge >= 0.3 is 6.36 Å². The number of alkyl halides is 3. The van der Waals surface area contributed by atoms with Gasteiger partial charge in [-0.2, -0.15) is 0 Å². The van der Waals surface area contributed by atoms with Crippen LogP contribution in [0.1, 0.15) is 24.9 Å². The summed E-state index contributed by atoms with van der Waals surface area (Å²) in [6.45, 7) is 2.00. The van der Waals surface area contributed by atoms with Crippen LogP contribution in [0, 0.1) is 0 Å². The van der Waals surface area contributed by atoms with Gasteiger partial charge in [-0.1, -0.05) is 19.1 Å². The predicted octanol–water partition coefficient (Wildman–Crippen LogP) is 2.86. The molecule has 0 aliphatic heterocycles. The van der Waals surface area contributed by atoms with Gasteiger partial charge in [0.2, 0.25) is 0 Å². The van der Waals surface area contributed by atoms with E-state index in [1.807, 2.05) is 14.0 Å². The summed E-state index contributed by atoms with van der Waals surface area (Å²) in [4.78, 5) is 0. The topological polar surface area (TPSA) is 41.5 Å². The van der Waals surface area contributed by atoms with Crippen LogP contribution in [0.15, 0.2) is 24.3 Å². The first-order chi connectivity index (χ1) is 8.46. The molecule has 0 bridgehead atoms. The van der Waals surface area contributed by atoms with Gasteiger partial charge in [0.15, 0.2) is 0 Å². The van der Waals surface area contributed by atoms with Crippen LogP contribution < -0.4 is 10.1 Å². The summed E-state index contributed by atoms with van der Waals surface area (Å²) in [5.74, 6) is -0.192. The van der Waals surface area contributed by atoms with Crippen LogP contribution in [0.3, 0.4) is 0 Å². The van der Waals surface area contributed by atoms with Crippen LogP contribution in [0.5, 0.6) is 5.75 Å². The van der Waals surface area contributed by atoms with E-state index in [0.717, 1.165) is 19.1 Å². The summed E-state index contributed by atoms with van der Waals surface area (Å²) in [7, 11) is 2.81. The highest BCUT2D eigenvalue weighted by Crippen LogP contribution is 2.24. The average Bonchev–Trinajstić information content (AvgIpc) is 2.33. The smallest absolute Gasteiger partial charge is 0.406 e. The Morgan fingerprint density at radius 1 is 1.22 bits per heavy atom. The number of ether oxygens (including phenoxy) is 1. The monoisotopic (exact) mass is 265 g/mol. The van der Waals surface area contributed by atoms with E-state index in [2.05, 4.69) is 10.1 Å². The molecule has 104 valence electrons. The lowest BCUT2D eigenvalue weighted by Crippen LogP contribution is -2.17. The Morgan fingerprint density at radius 2 is 1.72 bits per heavy atom. The second kappa shape index (κ2) is 7.94. The number of hydrogen-bond donors (Lipinski definition) is 2. The van der Waals surface area contributed by atoms with Crippen molar-refractivity contribution in [2.45, 2.75) is 25.7 Å². The quantitative estimate of drug-likeness (QED) is 0.879. The number of benzene rings is 1. The highest BCUT2D eigenvalue weighted by Gasteiger charge is 2.30. The number of hydrogen-bond acceptors (Lipinski definition) is 3. The molecule has 0 saturated heterocycles. The first-order valence-corrected chi connectivity index (χ1v) is 5.44. The van der Waals surface area contributed by atoms with Gasteiger partial charge in [0.1, 0.15) is 5.75 Å². The van der Waals surface area contributed by atoms with E-state index >= 15 is 0 Å². The minimum Gasteiger partial charge on any atom is -0.406 e. The Labute approximate surface area is 105 Å². The highest BCUT2D eigenvalue weighted by molar-refractivity contribution is 5.29. The van der Waals surface area contributed by atoms with E-state index in [1.165, 1.54) is 12.1 Å². The van der Waals surface area contributed by atoms with E-state index in [0.29, 0.717) is 0 Å². The zero-order valence-corrected chi connectivity index (χ0v) is 10.6. The Kier molecular flexibility index (Phi) is 7.38. The molecule has 0 radical (unpaired) electrons. The number of aliphatic hydroxyl groups excluding tert-OH is 1. The Balaban J connectivity index is 0.00000137. The van der Waals surface area contributed by atoms with Gasteiger partial charge in [-0.05, 0) is 31.2 Å². The fourth-order valence-corrected chi connectivity index (χ4v) is 1.51. The van der Waals surface area contributed by atoms with Crippen molar-refractivity contribution >= 4 is 0 Å². The molecule has 18 heavy (non-hydrogen) atoms. The second-order valence-electron chi connectivity index (χ2n) is 3.37. The number of rotatable bonds is 4. The number of aliphatic hydroxyl groups is 1. The lowest BCUT2D eigenvalue weighted by molar-refractivity contribution is -0.274. The third kappa shape index (κ3) is 5.88. The van der Waals surface area contributed by atoms with Crippen molar-refractivity contribution in [3.63, 3.8) is 0 Å². The van der Waals surface area contributed by atoms with Gasteiger partial charge in [0.05, 0.1) is 0 Å². The van der Waals surface area contributed by atoms with E-state index < -0.39 is 6.36 Å². The van der Waals surface area contributed by atoms with Gasteiger partial charge < -0.3 is 15.2 Å². The molecule has 0 saturated carbocycles. The largest absolute Gasteiger partial charge is 0.573 e. The third-order valence-corrected chi connectivity index (χ3v) is 2.27. The van der Waals surface area contributed by atoms with Gasteiger partial charge in [-0.3, -0.25) is 0 Å². The van der Waals surface area contributed by atoms with E-state index in [4.69, 9.17) is 5.11 Å². The summed E-state index contributed by atoms with van der Waals surface area (Å²) >= 11 is 0. The van der Waals surface area contributed by atoms with Crippen LogP contribution in [0.2, 0.25) is 0 Å². The van der Waals surface area contributed by atoms with Crippen LogP contribution in [-0.2, 0) is 0 Å². The molecule has 1 aromatic rings. The van der Waals surface area contributed by atoms with Gasteiger partial charge in [-0.25, -0.2) is 0 Å². The summed E-state index contributed by atoms with van der Waals surface area (Å²) in [5, 5.41) is 10.1. The van der Waals surface area contributed by atoms with Crippen molar-refractivity contribution < 1.29 is 23.0 Å². The van der Waals surface area contributed by atoms with Crippen LogP contribution >= 0.6 is 0 Å². The van der Waals surface area contributed by atoms with Crippen molar-refractivity contribution in [1.82, 2.24) is 5.32 Å². The molecule has 1 aromatic carbocycles. The van der Waals surface area contributed by atoms with E-state index in [9.17, 15) is 13.2 Å². The van der Waals surface area contributed by atoms with Crippen molar-refractivity contribution in [3.8, 4) is 5.75 Å². The van der Waals surface area contributed by atoms with Crippen LogP contribution in [-0.4, -0.2) is 25.6 Å². The maximum Gasteiger partial charge on any atom is 0.573 e. The summed E-state index contributed by atoms with van der Waals surface area (Å²) in [6.07, 6.45) is -3.76. The van der Waals surface area contributed by atoms with Crippen molar-refractivity contribution in [1.29, 1.82) is 0 Å². The van der Waals surface area contributed by atoms with E-state index in [1.54, 1.807) is 12.1 Å². The van der Waals surface area contributed by atoms with Crippen LogP contribution in [0.4, 0.5) is 13.2 Å². The molecule has 0 fully saturated rings. The fourth-order valence-electron chi connectivity index (χ4n) is 1.51. The normalized spacial score (nSPS) is 12.4. The molecular weight excluding hydrogens is 247 g/mol. The molecule has 1 unspecified atom stereocenters. The molecule has 0 heterocycles. The molecular formula is C12H18F3NO2. The fraction of sp³-hybridized carbons (Fsp3) is 0.500. The molecule has 6 heteroatoms. The maximum atomic E-state index is 11.9. The average molecular weight is 265 g/mol. The Bertz CT molecular complexity index is 321. The minimum absolute atomic E-state index is 0.153. The molecule has 0 aliphatic carbocycles. The lowest BCUT2D eigenvalue weighted by Gasteiger charge is -2.15. The lowest BCUT2D eigenvalue weighted by atomic mass is 10.1. The molecule has 1 atom stereocenters. The maximum absolute atomic E-state index is 11.9. The second-order valence-corrected chi connectivity index (χ2v) is 3.37. The molecule has 0 amide bonds. The molecule has 0 aliphatic rings. The standard InChI is InChI=1S/C11H14F3NO.CH4O/c1-3-10(15-2)8-4-6-9(7-5-8)16-11(12,13)14;1-2/h4-7,10,15H,3H2,1-2H3;2H,1H3. The number of halogens is 3.